The molecule has 2 fully saturated rings. The minimum Gasteiger partial charge on any atom is -0.453 e. The summed E-state index contributed by atoms with van der Waals surface area (Å²) in [7, 11) is 5.53. The Bertz CT molecular complexity index is 1700. The fraction of sp³-hybridized carbons (Fsp3) is 0.439. The third-order valence-corrected chi connectivity index (χ3v) is 10.6. The zero-order valence-corrected chi connectivity index (χ0v) is 31.3. The number of amides is 4. The molecule has 0 unspecified atom stereocenters. The molecule has 4 aliphatic rings. The van der Waals surface area contributed by atoms with Crippen molar-refractivity contribution in [2.24, 2.45) is 4.99 Å². The zero-order chi connectivity index (χ0) is 38.2. The highest BCUT2D eigenvalue weighted by Crippen LogP contribution is 2.37. The van der Waals surface area contributed by atoms with E-state index in [0.29, 0.717) is 19.5 Å². The number of methoxy groups -OCH3 is 4. The van der Waals surface area contributed by atoms with Crippen LogP contribution in [0.2, 0.25) is 0 Å². The Morgan fingerprint density at radius 3 is 1.67 bits per heavy atom. The number of allylic oxidation sites excluding steroid dienone is 4. The van der Waals surface area contributed by atoms with Crippen molar-refractivity contribution in [3.05, 3.63) is 83.6 Å². The van der Waals surface area contributed by atoms with Crippen LogP contribution in [-0.4, -0.2) is 118 Å². The average molecular weight is 740 g/mol. The number of aliphatic imine (C=N–C) groups is 1. The first kappa shape index (κ1) is 38.5. The number of carbonyl (C=O) groups is 4. The van der Waals surface area contributed by atoms with Crippen molar-refractivity contribution in [2.45, 2.75) is 62.7 Å². The highest BCUT2D eigenvalue weighted by Gasteiger charge is 2.38. The van der Waals surface area contributed by atoms with E-state index >= 15 is 0 Å². The van der Waals surface area contributed by atoms with Crippen molar-refractivity contribution in [3.63, 3.8) is 0 Å². The maximum atomic E-state index is 13.4. The van der Waals surface area contributed by atoms with Crippen LogP contribution in [0.4, 0.5) is 9.59 Å². The summed E-state index contributed by atoms with van der Waals surface area (Å²) in [5.74, 6) is -0.366. The molecule has 2 aromatic rings. The van der Waals surface area contributed by atoms with Gasteiger partial charge in [0.05, 0.1) is 39.5 Å². The largest absolute Gasteiger partial charge is 0.453 e. The number of alkyl carbamates (subject to hydrolysis) is 2. The molecule has 13 nitrogen and oxygen atoms in total. The molecular formula is C41H49N5O8. The molecule has 2 saturated heterocycles. The fourth-order valence-corrected chi connectivity index (χ4v) is 7.83. The molecule has 286 valence electrons. The predicted molar refractivity (Wildman–Crippen MR) is 204 cm³/mol. The Kier molecular flexibility index (Phi) is 12.6. The second kappa shape index (κ2) is 17.7. The third kappa shape index (κ3) is 8.58. The lowest BCUT2D eigenvalue weighted by Gasteiger charge is -2.30. The van der Waals surface area contributed by atoms with Crippen molar-refractivity contribution >= 4 is 40.9 Å². The Balaban J connectivity index is 1.03. The molecule has 0 radical (unpaired) electrons. The van der Waals surface area contributed by atoms with Gasteiger partial charge in [0.25, 0.3) is 0 Å². The minimum absolute atomic E-state index is 0.0255. The van der Waals surface area contributed by atoms with Crippen LogP contribution in [0.1, 0.15) is 49.7 Å². The van der Waals surface area contributed by atoms with E-state index in [1.165, 1.54) is 39.6 Å². The molecule has 3 aliphatic heterocycles. The molecule has 1 aliphatic carbocycles. The molecule has 4 atom stereocenters. The molecular weight excluding hydrogens is 690 g/mol. The molecule has 0 spiro atoms. The summed E-state index contributed by atoms with van der Waals surface area (Å²) in [6.07, 6.45) is 9.69. The molecule has 0 aromatic heterocycles. The molecule has 6 rings (SSSR count). The Morgan fingerprint density at radius 2 is 1.15 bits per heavy atom. The molecule has 0 bridgehead atoms. The van der Waals surface area contributed by atoms with Crippen LogP contribution in [0.3, 0.4) is 0 Å². The summed E-state index contributed by atoms with van der Waals surface area (Å²) in [6.45, 7) is 1.35. The maximum Gasteiger partial charge on any atom is 0.407 e. The molecule has 2 aromatic carbocycles. The number of nitrogens with zero attached hydrogens (tertiary/aromatic N) is 3. The van der Waals surface area contributed by atoms with Gasteiger partial charge in [0.2, 0.25) is 11.8 Å². The topological polar surface area (TPSA) is 148 Å². The quantitative estimate of drug-likeness (QED) is 0.293. The molecule has 13 heteroatoms. The SMILES string of the molecule is COC[C@H](NC(=O)OC)C(=O)N1CCC[C@H]1C1=CC=C(c2ccc(-c3ccc(C4=CN=C([C@@H]5CCCN5C(=O)[C@H](COC)NC(=O)OC)C4)cc3)cc2)C1. The smallest absolute Gasteiger partial charge is 0.407 e. The highest BCUT2D eigenvalue weighted by atomic mass is 16.5. The van der Waals surface area contributed by atoms with Crippen LogP contribution in [0.5, 0.6) is 0 Å². The van der Waals surface area contributed by atoms with Gasteiger partial charge in [-0.3, -0.25) is 14.6 Å². The van der Waals surface area contributed by atoms with Gasteiger partial charge >= 0.3 is 12.2 Å². The van der Waals surface area contributed by atoms with Gasteiger partial charge < -0.3 is 39.4 Å². The Labute approximate surface area is 316 Å². The lowest BCUT2D eigenvalue weighted by molar-refractivity contribution is -0.135. The Hall–Kier alpha value is -5.27. The number of hydrogen-bond acceptors (Lipinski definition) is 9. The molecule has 0 saturated carbocycles. The molecule has 2 N–H and O–H groups in total. The minimum atomic E-state index is -0.831. The van der Waals surface area contributed by atoms with E-state index in [0.717, 1.165) is 65.6 Å². The monoisotopic (exact) mass is 739 g/mol. The van der Waals surface area contributed by atoms with Crippen LogP contribution in [0.25, 0.3) is 22.3 Å². The van der Waals surface area contributed by atoms with Gasteiger partial charge in [-0.25, -0.2) is 9.59 Å². The van der Waals surface area contributed by atoms with Crippen molar-refractivity contribution in [2.75, 3.05) is 54.7 Å². The normalized spacial score (nSPS) is 20.4. The second-order valence-corrected chi connectivity index (χ2v) is 13.9. The van der Waals surface area contributed by atoms with Gasteiger partial charge in [0, 0.05) is 45.6 Å². The number of benzene rings is 2. The zero-order valence-electron chi connectivity index (χ0n) is 31.3. The van der Waals surface area contributed by atoms with Gasteiger partial charge in [-0.2, -0.15) is 0 Å². The van der Waals surface area contributed by atoms with Crippen molar-refractivity contribution in [1.82, 2.24) is 20.4 Å². The summed E-state index contributed by atoms with van der Waals surface area (Å²) in [5, 5.41) is 5.20. The molecule has 3 heterocycles. The van der Waals surface area contributed by atoms with Crippen LogP contribution in [0, 0.1) is 0 Å². The summed E-state index contributed by atoms with van der Waals surface area (Å²) in [4.78, 5) is 59.0. The van der Waals surface area contributed by atoms with Gasteiger partial charge in [-0.1, -0.05) is 60.7 Å². The summed E-state index contributed by atoms with van der Waals surface area (Å²) < 4.78 is 19.8. The van der Waals surface area contributed by atoms with E-state index in [4.69, 9.17) is 23.9 Å². The first-order valence-electron chi connectivity index (χ1n) is 18.4. The molecule has 4 amide bonds. The van der Waals surface area contributed by atoms with Gasteiger partial charge in [0.1, 0.15) is 12.1 Å². The number of hydrogen-bond donors (Lipinski definition) is 2. The first-order chi connectivity index (χ1) is 26.2. The number of rotatable bonds is 13. The second-order valence-electron chi connectivity index (χ2n) is 13.9. The van der Waals surface area contributed by atoms with Crippen molar-refractivity contribution in [1.29, 1.82) is 0 Å². The van der Waals surface area contributed by atoms with Gasteiger partial charge in [0.15, 0.2) is 0 Å². The predicted octanol–water partition coefficient (Wildman–Crippen LogP) is 4.98. The maximum absolute atomic E-state index is 13.4. The van der Waals surface area contributed by atoms with Crippen LogP contribution in [-0.2, 0) is 28.5 Å². The van der Waals surface area contributed by atoms with Gasteiger partial charge in [-0.05, 0) is 71.1 Å². The average Bonchev–Trinajstić information content (AvgIpc) is 4.04. The van der Waals surface area contributed by atoms with E-state index in [1.54, 1.807) is 4.90 Å². The highest BCUT2D eigenvalue weighted by molar-refractivity contribution is 6.04. The van der Waals surface area contributed by atoms with E-state index in [1.807, 2.05) is 11.1 Å². The standard InChI is InChI=1S/C41H49N5O8/c1-51-24-34(43-40(49)53-3)38(47)45-19-5-7-36(45)31-18-17-30(21-31)28-13-9-26(10-14-28)27-11-15-29(16-12-27)32-22-33(42-23-32)37-8-6-20-46(37)39(48)35(25-52-2)44-41(50)54-4/h9-18,23,34-37H,5-8,19-22,24-25H2,1-4H3,(H,43,49)(H,44,50)/t34-,35-,36-,37-/m0/s1. The number of carbonyl (C=O) groups excluding carboxylic acids is 4. The van der Waals surface area contributed by atoms with Crippen LogP contribution in [0.15, 0.2) is 77.4 Å². The van der Waals surface area contributed by atoms with E-state index < -0.39 is 24.3 Å². The van der Waals surface area contributed by atoms with Crippen molar-refractivity contribution in [3.8, 4) is 11.1 Å². The number of likely N-dealkylation sites (tertiary alicyclic amines) is 2. The third-order valence-electron chi connectivity index (χ3n) is 10.6. The Morgan fingerprint density at radius 1 is 0.667 bits per heavy atom. The van der Waals surface area contributed by atoms with Crippen molar-refractivity contribution < 1.29 is 38.1 Å². The number of ether oxygens (including phenoxy) is 4. The van der Waals surface area contributed by atoms with E-state index in [2.05, 4.69) is 71.3 Å². The van der Waals surface area contributed by atoms with Gasteiger partial charge in [-0.15, -0.1) is 0 Å². The summed E-state index contributed by atoms with van der Waals surface area (Å²) >= 11 is 0. The lowest BCUT2D eigenvalue weighted by Crippen LogP contribution is -2.53. The lowest BCUT2D eigenvalue weighted by atomic mass is 9.94. The van der Waals surface area contributed by atoms with E-state index in [-0.39, 0.29) is 37.1 Å². The summed E-state index contributed by atoms with van der Waals surface area (Å²) in [5.41, 5.74) is 8.86. The fourth-order valence-electron chi connectivity index (χ4n) is 7.83. The van der Waals surface area contributed by atoms with Crippen LogP contribution < -0.4 is 10.6 Å². The van der Waals surface area contributed by atoms with E-state index in [9.17, 15) is 19.2 Å². The summed E-state index contributed by atoms with van der Waals surface area (Å²) in [6, 6.07) is 15.2. The first-order valence-corrected chi connectivity index (χ1v) is 18.4. The number of nitrogens with one attached hydrogen (secondary N) is 2. The van der Waals surface area contributed by atoms with Crippen LogP contribution >= 0.6 is 0 Å². The molecule has 54 heavy (non-hydrogen) atoms.